The van der Waals surface area contributed by atoms with Crippen molar-refractivity contribution in [1.29, 1.82) is 5.41 Å². The highest BCUT2D eigenvalue weighted by Gasteiger charge is 2.16. The standard InChI is InChI=1S/C14H19N3S2/c1-10-4-2-3-5-12(10)13(6-15)11(9-18)8-17-14(19)7-16/h2-7,11,16,18H,8-9,15H2,1H3,(H,17,19)/b13-6-,16-7?. The van der Waals surface area contributed by atoms with Gasteiger partial charge in [0.1, 0.15) is 4.99 Å². The molecule has 1 rings (SSSR count). The summed E-state index contributed by atoms with van der Waals surface area (Å²) in [6.07, 6.45) is 2.77. The predicted molar refractivity (Wildman–Crippen MR) is 90.1 cm³/mol. The van der Waals surface area contributed by atoms with Crippen molar-refractivity contribution in [1.82, 2.24) is 5.32 Å². The van der Waals surface area contributed by atoms with Crippen molar-refractivity contribution in [3.8, 4) is 0 Å². The van der Waals surface area contributed by atoms with Crippen molar-refractivity contribution in [2.75, 3.05) is 12.3 Å². The van der Waals surface area contributed by atoms with E-state index in [1.807, 2.05) is 12.1 Å². The Morgan fingerprint density at radius 3 is 2.74 bits per heavy atom. The van der Waals surface area contributed by atoms with Gasteiger partial charge < -0.3 is 16.5 Å². The molecule has 0 radical (unpaired) electrons. The number of hydrogen-bond acceptors (Lipinski definition) is 4. The van der Waals surface area contributed by atoms with E-state index in [0.29, 0.717) is 17.3 Å². The summed E-state index contributed by atoms with van der Waals surface area (Å²) in [7, 11) is 0. The zero-order valence-corrected chi connectivity index (χ0v) is 12.6. The van der Waals surface area contributed by atoms with E-state index in [2.05, 4.69) is 37.0 Å². The van der Waals surface area contributed by atoms with Gasteiger partial charge in [-0.3, -0.25) is 0 Å². The minimum absolute atomic E-state index is 0.146. The molecule has 1 unspecified atom stereocenters. The molecule has 19 heavy (non-hydrogen) atoms. The molecule has 1 atom stereocenters. The van der Waals surface area contributed by atoms with Crippen LogP contribution in [0.4, 0.5) is 0 Å². The van der Waals surface area contributed by atoms with Gasteiger partial charge in [0.25, 0.3) is 0 Å². The van der Waals surface area contributed by atoms with E-state index in [9.17, 15) is 0 Å². The average Bonchev–Trinajstić information content (AvgIpc) is 2.44. The number of nitrogens with two attached hydrogens (primary N) is 1. The second-order valence-corrected chi connectivity index (χ2v) is 5.01. The Labute approximate surface area is 125 Å². The van der Waals surface area contributed by atoms with E-state index < -0.39 is 0 Å². The normalized spacial score (nSPS) is 12.8. The smallest absolute Gasteiger partial charge is 0.117 e. The number of rotatable bonds is 6. The summed E-state index contributed by atoms with van der Waals surface area (Å²) in [5.41, 5.74) is 9.15. The summed E-state index contributed by atoms with van der Waals surface area (Å²) in [6, 6.07) is 8.12. The molecule has 0 saturated heterocycles. The van der Waals surface area contributed by atoms with E-state index in [-0.39, 0.29) is 5.92 Å². The zero-order chi connectivity index (χ0) is 14.3. The van der Waals surface area contributed by atoms with Crippen molar-refractivity contribution in [2.24, 2.45) is 11.7 Å². The van der Waals surface area contributed by atoms with Gasteiger partial charge in [-0.25, -0.2) is 0 Å². The van der Waals surface area contributed by atoms with Gasteiger partial charge >= 0.3 is 0 Å². The van der Waals surface area contributed by atoms with Gasteiger partial charge in [-0.2, -0.15) is 12.6 Å². The first-order valence-electron chi connectivity index (χ1n) is 6.01. The van der Waals surface area contributed by atoms with E-state index in [0.717, 1.165) is 17.4 Å². The number of thiocarbonyl (C=S) groups is 1. The highest BCUT2D eigenvalue weighted by molar-refractivity contribution is 7.81. The largest absolute Gasteiger partial charge is 0.404 e. The highest BCUT2D eigenvalue weighted by Crippen LogP contribution is 2.26. The first-order chi connectivity index (χ1) is 9.13. The lowest BCUT2D eigenvalue weighted by molar-refractivity contribution is 0.722. The van der Waals surface area contributed by atoms with E-state index in [1.165, 1.54) is 5.56 Å². The maximum atomic E-state index is 7.07. The highest BCUT2D eigenvalue weighted by atomic mass is 32.1. The lowest BCUT2D eigenvalue weighted by Crippen LogP contribution is -2.30. The molecule has 102 valence electrons. The van der Waals surface area contributed by atoms with E-state index in [4.69, 9.17) is 23.4 Å². The van der Waals surface area contributed by atoms with Gasteiger partial charge in [-0.05, 0) is 35.6 Å². The fourth-order valence-electron chi connectivity index (χ4n) is 1.89. The number of aryl methyl sites for hydroxylation is 1. The lowest BCUT2D eigenvalue weighted by Gasteiger charge is -2.20. The van der Waals surface area contributed by atoms with Crippen LogP contribution in [-0.2, 0) is 0 Å². The van der Waals surface area contributed by atoms with Crippen LogP contribution in [0.15, 0.2) is 30.5 Å². The van der Waals surface area contributed by atoms with Crippen LogP contribution in [0.2, 0.25) is 0 Å². The van der Waals surface area contributed by atoms with Gasteiger partial charge in [0, 0.05) is 12.5 Å². The SMILES string of the molecule is Cc1ccccc1/C(=C\N)C(CS)CNC(=S)C=N. The van der Waals surface area contributed by atoms with Crippen LogP contribution in [0.25, 0.3) is 5.57 Å². The fraction of sp³-hybridized carbons (Fsp3) is 0.286. The Balaban J connectivity index is 2.91. The molecule has 0 fully saturated rings. The Morgan fingerprint density at radius 1 is 1.53 bits per heavy atom. The molecule has 0 spiro atoms. The van der Waals surface area contributed by atoms with Gasteiger partial charge in [0.2, 0.25) is 0 Å². The van der Waals surface area contributed by atoms with Crippen molar-refractivity contribution >= 4 is 41.6 Å². The molecule has 3 nitrogen and oxygen atoms in total. The van der Waals surface area contributed by atoms with E-state index in [1.54, 1.807) is 6.20 Å². The minimum Gasteiger partial charge on any atom is -0.404 e. The molecule has 0 heterocycles. The van der Waals surface area contributed by atoms with Crippen molar-refractivity contribution < 1.29 is 0 Å². The topological polar surface area (TPSA) is 61.9 Å². The maximum absolute atomic E-state index is 7.07. The van der Waals surface area contributed by atoms with Crippen LogP contribution in [0, 0.1) is 18.3 Å². The summed E-state index contributed by atoms with van der Waals surface area (Å²) in [5.74, 6) is 0.803. The van der Waals surface area contributed by atoms with Crippen molar-refractivity contribution in [3.63, 3.8) is 0 Å². The summed E-state index contributed by atoms with van der Waals surface area (Å²) >= 11 is 9.35. The first kappa shape index (κ1) is 15.7. The molecule has 0 aliphatic carbocycles. The van der Waals surface area contributed by atoms with Crippen LogP contribution >= 0.6 is 24.8 Å². The third-order valence-corrected chi connectivity index (χ3v) is 3.65. The predicted octanol–water partition coefficient (Wildman–Crippen LogP) is 2.41. The Hall–Kier alpha value is -1.33. The molecule has 0 saturated carbocycles. The third-order valence-electron chi connectivity index (χ3n) is 2.95. The second-order valence-electron chi connectivity index (χ2n) is 4.21. The monoisotopic (exact) mass is 293 g/mol. The molecule has 1 aromatic rings. The molecule has 0 aliphatic rings. The van der Waals surface area contributed by atoms with Crippen LogP contribution in [-0.4, -0.2) is 23.5 Å². The van der Waals surface area contributed by atoms with Gasteiger partial charge in [-0.1, -0.05) is 36.5 Å². The van der Waals surface area contributed by atoms with Crippen LogP contribution in [0.1, 0.15) is 11.1 Å². The molecule has 5 heteroatoms. The Bertz CT molecular complexity index is 483. The van der Waals surface area contributed by atoms with Gasteiger partial charge in [0.15, 0.2) is 0 Å². The zero-order valence-electron chi connectivity index (χ0n) is 10.9. The number of hydrogen-bond donors (Lipinski definition) is 4. The van der Waals surface area contributed by atoms with Gasteiger partial charge in [0.05, 0.1) is 6.21 Å². The third kappa shape index (κ3) is 4.36. The van der Waals surface area contributed by atoms with Crippen molar-refractivity contribution in [3.05, 3.63) is 41.6 Å². The quantitative estimate of drug-likeness (QED) is 0.370. The molecule has 1 aromatic carbocycles. The molecular formula is C14H19N3S2. The maximum Gasteiger partial charge on any atom is 0.117 e. The van der Waals surface area contributed by atoms with E-state index >= 15 is 0 Å². The molecular weight excluding hydrogens is 274 g/mol. The number of nitrogens with one attached hydrogen (secondary N) is 2. The number of benzene rings is 1. The second kappa shape index (κ2) is 7.96. The minimum atomic E-state index is 0.146. The first-order valence-corrected chi connectivity index (χ1v) is 7.05. The van der Waals surface area contributed by atoms with Crippen LogP contribution < -0.4 is 11.1 Å². The molecule has 0 aliphatic heterocycles. The molecule has 0 amide bonds. The Morgan fingerprint density at radius 2 is 2.21 bits per heavy atom. The van der Waals surface area contributed by atoms with Gasteiger partial charge in [-0.15, -0.1) is 0 Å². The van der Waals surface area contributed by atoms with Crippen LogP contribution in [0.3, 0.4) is 0 Å². The van der Waals surface area contributed by atoms with Crippen LogP contribution in [0.5, 0.6) is 0 Å². The summed E-state index contributed by atoms with van der Waals surface area (Å²) in [5, 5.41) is 10.1. The average molecular weight is 293 g/mol. The Kier molecular flexibility index (Phi) is 6.59. The summed E-state index contributed by atoms with van der Waals surface area (Å²) in [6.45, 7) is 2.68. The fourth-order valence-corrected chi connectivity index (χ4v) is 2.30. The molecule has 4 N–H and O–H groups in total. The summed E-state index contributed by atoms with van der Waals surface area (Å²) < 4.78 is 0. The summed E-state index contributed by atoms with van der Waals surface area (Å²) in [4.78, 5) is 0.424. The number of thiol groups is 1. The van der Waals surface area contributed by atoms with Crippen molar-refractivity contribution in [2.45, 2.75) is 6.92 Å². The lowest BCUT2D eigenvalue weighted by atomic mass is 9.91. The molecule has 0 bridgehead atoms. The molecule has 0 aromatic heterocycles.